The van der Waals surface area contributed by atoms with E-state index in [1.807, 2.05) is 48.7 Å². The van der Waals surface area contributed by atoms with Crippen molar-refractivity contribution in [3.63, 3.8) is 0 Å². The molecule has 0 atom stereocenters. The number of carbonyl (C=O) groups is 1. The summed E-state index contributed by atoms with van der Waals surface area (Å²) >= 11 is 0. The fourth-order valence-electron chi connectivity index (χ4n) is 3.41. The van der Waals surface area contributed by atoms with Gasteiger partial charge in [0.15, 0.2) is 0 Å². The second-order valence-electron chi connectivity index (χ2n) is 7.15. The van der Waals surface area contributed by atoms with Gasteiger partial charge in [0.05, 0.1) is 12.2 Å². The number of nitrogens with zero attached hydrogens (tertiary/aromatic N) is 3. The van der Waals surface area contributed by atoms with Gasteiger partial charge in [-0.15, -0.1) is 0 Å². The number of amides is 1. The third kappa shape index (κ3) is 3.94. The van der Waals surface area contributed by atoms with E-state index in [0.29, 0.717) is 13.1 Å². The molecule has 3 rings (SSSR count). The number of aryl methyl sites for hydroxylation is 4. The first-order valence-electron chi connectivity index (χ1n) is 8.83. The van der Waals surface area contributed by atoms with E-state index in [4.69, 9.17) is 0 Å². The molecule has 0 bridgehead atoms. The Morgan fingerprint density at radius 2 is 1.85 bits per heavy atom. The molecule has 136 valence electrons. The lowest BCUT2D eigenvalue weighted by molar-refractivity contribution is -0.117. The fourth-order valence-corrected chi connectivity index (χ4v) is 3.41. The lowest BCUT2D eigenvalue weighted by Crippen LogP contribution is -2.30. The molecule has 1 amide bonds. The van der Waals surface area contributed by atoms with Crippen molar-refractivity contribution in [2.45, 2.75) is 34.2 Å². The van der Waals surface area contributed by atoms with Gasteiger partial charge in [0.1, 0.15) is 5.65 Å². The van der Waals surface area contributed by atoms with Gasteiger partial charge in [0.2, 0.25) is 5.91 Å². The van der Waals surface area contributed by atoms with E-state index in [9.17, 15) is 4.79 Å². The van der Waals surface area contributed by atoms with Crippen LogP contribution in [-0.4, -0.2) is 33.8 Å². The van der Waals surface area contributed by atoms with Crippen LogP contribution in [0.4, 0.5) is 5.69 Å². The van der Waals surface area contributed by atoms with Crippen LogP contribution in [0.2, 0.25) is 0 Å². The second kappa shape index (κ2) is 7.30. The largest absolute Gasteiger partial charge is 0.324 e. The van der Waals surface area contributed by atoms with E-state index < -0.39 is 0 Å². The monoisotopic (exact) mass is 350 g/mol. The van der Waals surface area contributed by atoms with Crippen molar-refractivity contribution in [3.05, 3.63) is 64.6 Å². The third-order valence-corrected chi connectivity index (χ3v) is 4.51. The molecule has 5 nitrogen and oxygen atoms in total. The van der Waals surface area contributed by atoms with Crippen molar-refractivity contribution in [2.75, 3.05) is 18.9 Å². The fraction of sp³-hybridized carbons (Fsp3) is 0.333. The zero-order valence-corrected chi connectivity index (χ0v) is 16.1. The summed E-state index contributed by atoms with van der Waals surface area (Å²) < 4.78 is 2.03. The van der Waals surface area contributed by atoms with Crippen molar-refractivity contribution in [1.29, 1.82) is 0 Å². The number of benzene rings is 1. The minimum absolute atomic E-state index is 0.0116. The first-order chi connectivity index (χ1) is 12.3. The predicted molar refractivity (Wildman–Crippen MR) is 106 cm³/mol. The Morgan fingerprint density at radius 1 is 1.15 bits per heavy atom. The summed E-state index contributed by atoms with van der Waals surface area (Å²) in [5.41, 5.74) is 7.37. The maximum absolute atomic E-state index is 12.5. The zero-order chi connectivity index (χ0) is 18.8. The molecule has 0 saturated heterocycles. The van der Waals surface area contributed by atoms with E-state index in [-0.39, 0.29) is 5.91 Å². The Kier molecular flexibility index (Phi) is 5.09. The second-order valence-corrected chi connectivity index (χ2v) is 7.15. The average molecular weight is 350 g/mol. The molecule has 0 radical (unpaired) electrons. The van der Waals surface area contributed by atoms with Crippen LogP contribution in [-0.2, 0) is 11.3 Å². The van der Waals surface area contributed by atoms with Crippen LogP contribution in [0.15, 0.2) is 36.7 Å². The van der Waals surface area contributed by atoms with Gasteiger partial charge in [-0.2, -0.15) is 0 Å². The number of imidazole rings is 1. The minimum atomic E-state index is -0.0116. The van der Waals surface area contributed by atoms with Crippen LogP contribution in [0.3, 0.4) is 0 Å². The zero-order valence-electron chi connectivity index (χ0n) is 16.1. The van der Waals surface area contributed by atoms with E-state index in [2.05, 4.69) is 42.3 Å². The van der Waals surface area contributed by atoms with Crippen molar-refractivity contribution >= 4 is 17.2 Å². The van der Waals surface area contributed by atoms with Gasteiger partial charge in [0, 0.05) is 24.6 Å². The first kappa shape index (κ1) is 18.1. The SMILES string of the molecule is Cc1cc(C)c(NC(=O)CN(C)Cc2cn3cccc(C)c3n2)c(C)c1. The number of carbonyl (C=O) groups excluding carboxylic acids is 1. The molecule has 0 fully saturated rings. The number of rotatable bonds is 5. The molecule has 1 aromatic carbocycles. The summed E-state index contributed by atoms with van der Waals surface area (Å²) in [6, 6.07) is 8.24. The molecule has 2 heterocycles. The van der Waals surface area contributed by atoms with E-state index in [1.54, 1.807) is 0 Å². The van der Waals surface area contributed by atoms with Gasteiger partial charge in [0.25, 0.3) is 0 Å². The Hall–Kier alpha value is -2.66. The molecule has 1 N–H and O–H groups in total. The normalized spacial score (nSPS) is 11.3. The molecule has 2 aromatic heterocycles. The maximum Gasteiger partial charge on any atom is 0.238 e. The Balaban J connectivity index is 1.65. The molecular formula is C21H26N4O. The van der Waals surface area contributed by atoms with Crippen LogP contribution < -0.4 is 5.32 Å². The third-order valence-electron chi connectivity index (χ3n) is 4.51. The summed E-state index contributed by atoms with van der Waals surface area (Å²) in [6.45, 7) is 9.11. The van der Waals surface area contributed by atoms with Gasteiger partial charge in [-0.05, 0) is 57.5 Å². The lowest BCUT2D eigenvalue weighted by Gasteiger charge is -2.17. The number of nitrogens with one attached hydrogen (secondary N) is 1. The number of hydrogen-bond donors (Lipinski definition) is 1. The molecule has 0 unspecified atom stereocenters. The van der Waals surface area contributed by atoms with Crippen molar-refractivity contribution in [2.24, 2.45) is 0 Å². The van der Waals surface area contributed by atoms with Crippen LogP contribution >= 0.6 is 0 Å². The van der Waals surface area contributed by atoms with E-state index in [1.165, 1.54) is 5.56 Å². The lowest BCUT2D eigenvalue weighted by atomic mass is 10.1. The number of hydrogen-bond acceptors (Lipinski definition) is 3. The van der Waals surface area contributed by atoms with E-state index >= 15 is 0 Å². The Morgan fingerprint density at radius 3 is 2.50 bits per heavy atom. The first-order valence-corrected chi connectivity index (χ1v) is 8.83. The predicted octanol–water partition coefficient (Wildman–Crippen LogP) is 3.64. The van der Waals surface area contributed by atoms with Crippen LogP contribution in [0, 0.1) is 27.7 Å². The number of fused-ring (bicyclic) bond motifs is 1. The van der Waals surface area contributed by atoms with Crippen LogP contribution in [0.5, 0.6) is 0 Å². The van der Waals surface area contributed by atoms with Crippen LogP contribution in [0.25, 0.3) is 5.65 Å². The molecule has 3 aromatic rings. The molecular weight excluding hydrogens is 324 g/mol. The Labute approximate surface area is 154 Å². The Bertz CT molecular complexity index is 935. The highest BCUT2D eigenvalue weighted by Crippen LogP contribution is 2.21. The highest BCUT2D eigenvalue weighted by Gasteiger charge is 2.12. The molecule has 0 spiro atoms. The van der Waals surface area contributed by atoms with Crippen molar-refractivity contribution < 1.29 is 4.79 Å². The molecule has 0 aliphatic heterocycles. The summed E-state index contributed by atoms with van der Waals surface area (Å²) in [5.74, 6) is -0.0116. The van der Waals surface area contributed by atoms with Gasteiger partial charge >= 0.3 is 0 Å². The van der Waals surface area contributed by atoms with Crippen molar-refractivity contribution in [3.8, 4) is 0 Å². The smallest absolute Gasteiger partial charge is 0.238 e. The topological polar surface area (TPSA) is 49.6 Å². The molecule has 5 heteroatoms. The number of pyridine rings is 1. The highest BCUT2D eigenvalue weighted by atomic mass is 16.2. The summed E-state index contributed by atoms with van der Waals surface area (Å²) in [6.07, 6.45) is 4.01. The van der Waals surface area contributed by atoms with Gasteiger partial charge < -0.3 is 9.72 Å². The van der Waals surface area contributed by atoms with Gasteiger partial charge in [-0.25, -0.2) is 4.98 Å². The molecule has 0 saturated carbocycles. The molecule has 0 aliphatic carbocycles. The molecule has 26 heavy (non-hydrogen) atoms. The van der Waals surface area contributed by atoms with E-state index in [0.717, 1.165) is 33.7 Å². The number of aromatic nitrogens is 2. The standard InChI is InChI=1S/C21H26N4O/c1-14-9-16(3)20(17(4)10-14)23-19(26)13-24(5)11-18-12-25-8-6-7-15(2)21(25)22-18/h6-10,12H,11,13H2,1-5H3,(H,23,26). The summed E-state index contributed by atoms with van der Waals surface area (Å²) in [7, 11) is 1.94. The van der Waals surface area contributed by atoms with Gasteiger partial charge in [-0.1, -0.05) is 23.8 Å². The van der Waals surface area contributed by atoms with Gasteiger partial charge in [-0.3, -0.25) is 9.69 Å². The number of likely N-dealkylation sites (N-methyl/N-ethyl adjacent to an activating group) is 1. The summed E-state index contributed by atoms with van der Waals surface area (Å²) in [5, 5.41) is 3.05. The maximum atomic E-state index is 12.5. The average Bonchev–Trinajstić information content (AvgIpc) is 2.94. The molecule has 0 aliphatic rings. The quantitative estimate of drug-likeness (QED) is 0.764. The minimum Gasteiger partial charge on any atom is -0.324 e. The van der Waals surface area contributed by atoms with Crippen molar-refractivity contribution in [1.82, 2.24) is 14.3 Å². The number of anilines is 1. The highest BCUT2D eigenvalue weighted by molar-refractivity contribution is 5.93. The summed E-state index contributed by atoms with van der Waals surface area (Å²) in [4.78, 5) is 19.1. The van der Waals surface area contributed by atoms with Crippen LogP contribution in [0.1, 0.15) is 27.9 Å².